The zero-order valence-corrected chi connectivity index (χ0v) is 18.4. The van der Waals surface area contributed by atoms with Crippen molar-refractivity contribution in [3.8, 4) is 11.3 Å². The van der Waals surface area contributed by atoms with Gasteiger partial charge in [0, 0.05) is 22.3 Å². The van der Waals surface area contributed by atoms with Crippen LogP contribution in [-0.4, -0.2) is 39.6 Å². The number of benzene rings is 2. The molecular formula is C23H15ClN2O6S. The molecule has 0 atom stereocenters. The maximum absolute atomic E-state index is 12.7. The molecule has 166 valence electrons. The van der Waals surface area contributed by atoms with Crippen molar-refractivity contribution >= 4 is 58.1 Å². The number of halogens is 1. The lowest BCUT2D eigenvalue weighted by Gasteiger charge is -2.12. The van der Waals surface area contributed by atoms with Gasteiger partial charge in [0.25, 0.3) is 11.1 Å². The maximum Gasteiger partial charge on any atom is 0.336 e. The van der Waals surface area contributed by atoms with E-state index in [1.165, 1.54) is 12.1 Å². The highest BCUT2D eigenvalue weighted by Crippen LogP contribution is 2.34. The summed E-state index contributed by atoms with van der Waals surface area (Å²) in [4.78, 5) is 49.6. The van der Waals surface area contributed by atoms with Gasteiger partial charge in [0.05, 0.1) is 10.5 Å². The van der Waals surface area contributed by atoms with E-state index in [4.69, 9.17) is 16.0 Å². The summed E-state index contributed by atoms with van der Waals surface area (Å²) in [5.41, 5.74) is 0.902. The van der Waals surface area contributed by atoms with Crippen LogP contribution in [0.1, 0.15) is 16.1 Å². The van der Waals surface area contributed by atoms with Crippen molar-refractivity contribution in [3.05, 3.63) is 81.9 Å². The number of amides is 3. The number of furan rings is 1. The summed E-state index contributed by atoms with van der Waals surface area (Å²) in [5.74, 6) is -1.71. The average molecular weight is 483 g/mol. The second-order valence-electron chi connectivity index (χ2n) is 6.88. The number of thioether (sulfide) groups is 1. The van der Waals surface area contributed by atoms with Crippen molar-refractivity contribution < 1.29 is 28.7 Å². The van der Waals surface area contributed by atoms with Gasteiger partial charge in [-0.25, -0.2) is 4.79 Å². The smallest absolute Gasteiger partial charge is 0.336 e. The summed E-state index contributed by atoms with van der Waals surface area (Å²) in [5, 5.41) is 11.8. The van der Waals surface area contributed by atoms with E-state index in [-0.39, 0.29) is 16.2 Å². The molecule has 0 radical (unpaired) electrons. The van der Waals surface area contributed by atoms with Crippen molar-refractivity contribution in [2.45, 2.75) is 0 Å². The second kappa shape index (κ2) is 9.35. The molecule has 1 fully saturated rings. The number of imide groups is 1. The number of rotatable bonds is 6. The van der Waals surface area contributed by atoms with Gasteiger partial charge in [-0.3, -0.25) is 19.3 Å². The van der Waals surface area contributed by atoms with Crippen LogP contribution < -0.4 is 5.32 Å². The lowest BCUT2D eigenvalue weighted by molar-refractivity contribution is -0.127. The van der Waals surface area contributed by atoms with E-state index < -0.39 is 29.6 Å². The second-order valence-corrected chi connectivity index (χ2v) is 8.31. The summed E-state index contributed by atoms with van der Waals surface area (Å²) < 4.78 is 5.69. The Morgan fingerprint density at radius 2 is 1.88 bits per heavy atom. The summed E-state index contributed by atoms with van der Waals surface area (Å²) in [6, 6.07) is 16.0. The largest absolute Gasteiger partial charge is 0.478 e. The predicted molar refractivity (Wildman–Crippen MR) is 124 cm³/mol. The Morgan fingerprint density at radius 3 is 2.64 bits per heavy atom. The van der Waals surface area contributed by atoms with Crippen molar-refractivity contribution in [1.82, 2.24) is 4.90 Å². The van der Waals surface area contributed by atoms with Crippen molar-refractivity contribution in [2.75, 3.05) is 11.9 Å². The van der Waals surface area contributed by atoms with Crippen LogP contribution in [0, 0.1) is 0 Å². The van der Waals surface area contributed by atoms with Crippen LogP contribution in [0.3, 0.4) is 0 Å². The molecule has 3 aromatic rings. The summed E-state index contributed by atoms with van der Waals surface area (Å²) in [7, 11) is 0. The van der Waals surface area contributed by atoms with Gasteiger partial charge < -0.3 is 14.8 Å². The van der Waals surface area contributed by atoms with E-state index in [1.54, 1.807) is 54.6 Å². The number of aromatic carboxylic acids is 1. The van der Waals surface area contributed by atoms with E-state index in [2.05, 4.69) is 5.32 Å². The maximum atomic E-state index is 12.7. The van der Waals surface area contributed by atoms with Crippen LogP contribution in [0.25, 0.3) is 17.4 Å². The van der Waals surface area contributed by atoms with Crippen LogP contribution >= 0.6 is 23.4 Å². The highest BCUT2D eigenvalue weighted by atomic mass is 35.5. The number of hydrogen-bond donors (Lipinski definition) is 2. The molecule has 2 heterocycles. The molecule has 33 heavy (non-hydrogen) atoms. The molecule has 3 amide bonds. The lowest BCUT2D eigenvalue weighted by Crippen LogP contribution is -2.36. The molecule has 0 saturated carbocycles. The number of hydrogen-bond acceptors (Lipinski definition) is 6. The molecule has 1 saturated heterocycles. The van der Waals surface area contributed by atoms with Crippen LogP contribution in [0.2, 0.25) is 5.02 Å². The van der Waals surface area contributed by atoms with E-state index >= 15 is 0 Å². The topological polar surface area (TPSA) is 117 Å². The molecule has 1 aliphatic heterocycles. The molecule has 1 aromatic heterocycles. The third-order valence-corrected chi connectivity index (χ3v) is 5.75. The zero-order valence-electron chi connectivity index (χ0n) is 16.8. The SMILES string of the molecule is O=C(CN1C(=O)S/C(=C\c2ccc(-c3ccccc3C(=O)O)o2)C1=O)Nc1cccc(Cl)c1. The molecular weight excluding hydrogens is 468 g/mol. The fraction of sp³-hybridized carbons (Fsp3) is 0.0435. The molecule has 0 aliphatic carbocycles. The van der Waals surface area contributed by atoms with Crippen LogP contribution in [-0.2, 0) is 9.59 Å². The number of carboxylic acid groups (broad SMARTS) is 1. The summed E-state index contributed by atoms with van der Waals surface area (Å²) >= 11 is 6.57. The molecule has 4 rings (SSSR count). The van der Waals surface area contributed by atoms with E-state index in [0.717, 1.165) is 4.90 Å². The van der Waals surface area contributed by atoms with E-state index in [1.807, 2.05) is 0 Å². The minimum Gasteiger partial charge on any atom is -0.478 e. The average Bonchev–Trinajstić information content (AvgIpc) is 3.34. The number of anilines is 1. The fourth-order valence-corrected chi connectivity index (χ4v) is 4.14. The molecule has 0 bridgehead atoms. The Morgan fingerprint density at radius 1 is 1.09 bits per heavy atom. The van der Waals surface area contributed by atoms with Crippen LogP contribution in [0.15, 0.2) is 70.0 Å². The third kappa shape index (κ3) is 5.00. The molecule has 0 unspecified atom stereocenters. The Kier molecular flexibility index (Phi) is 6.34. The first-order chi connectivity index (χ1) is 15.8. The molecule has 8 nitrogen and oxygen atoms in total. The Bertz CT molecular complexity index is 1320. The predicted octanol–water partition coefficient (Wildman–Crippen LogP) is 4.97. The van der Waals surface area contributed by atoms with Crippen molar-refractivity contribution in [2.24, 2.45) is 0 Å². The quantitative estimate of drug-likeness (QED) is 0.476. The van der Waals surface area contributed by atoms with Gasteiger partial charge in [-0.2, -0.15) is 0 Å². The monoisotopic (exact) mass is 482 g/mol. The van der Waals surface area contributed by atoms with Crippen molar-refractivity contribution in [1.29, 1.82) is 0 Å². The van der Waals surface area contributed by atoms with Gasteiger partial charge in [0.2, 0.25) is 5.91 Å². The molecule has 10 heteroatoms. The van der Waals surface area contributed by atoms with Gasteiger partial charge in [-0.05, 0) is 48.2 Å². The summed E-state index contributed by atoms with van der Waals surface area (Å²) in [6.07, 6.45) is 1.38. The first kappa shape index (κ1) is 22.4. The minimum atomic E-state index is -1.10. The van der Waals surface area contributed by atoms with Gasteiger partial charge in [-0.15, -0.1) is 0 Å². The standard InChI is InChI=1S/C23H15ClN2O6S/c24-13-4-3-5-14(10-13)25-20(27)12-26-21(28)19(33-23(26)31)11-15-8-9-18(32-15)16-6-1-2-7-17(16)22(29)30/h1-11H,12H2,(H,25,27)(H,29,30)/b19-11-. The van der Waals surface area contributed by atoms with E-state index in [0.29, 0.717) is 33.8 Å². The minimum absolute atomic E-state index is 0.0736. The summed E-state index contributed by atoms with van der Waals surface area (Å²) in [6.45, 7) is -0.454. The van der Waals surface area contributed by atoms with Gasteiger partial charge >= 0.3 is 5.97 Å². The van der Waals surface area contributed by atoms with Gasteiger partial charge in [0.1, 0.15) is 18.1 Å². The Hall–Kier alpha value is -3.82. The van der Waals surface area contributed by atoms with E-state index in [9.17, 15) is 24.3 Å². The highest BCUT2D eigenvalue weighted by molar-refractivity contribution is 8.18. The molecule has 2 N–H and O–H groups in total. The first-order valence-corrected chi connectivity index (χ1v) is 10.7. The number of nitrogens with one attached hydrogen (secondary N) is 1. The molecule has 0 spiro atoms. The van der Waals surface area contributed by atoms with Gasteiger partial charge in [-0.1, -0.05) is 35.9 Å². The Balaban J connectivity index is 1.48. The van der Waals surface area contributed by atoms with Crippen LogP contribution in [0.4, 0.5) is 10.5 Å². The normalized spacial score (nSPS) is 14.7. The Labute approximate surface area is 196 Å². The number of carbonyl (C=O) groups excluding carboxylic acids is 3. The molecule has 2 aromatic carbocycles. The number of carbonyl (C=O) groups is 4. The number of carboxylic acids is 1. The van der Waals surface area contributed by atoms with Crippen molar-refractivity contribution in [3.63, 3.8) is 0 Å². The zero-order chi connectivity index (χ0) is 23.5. The molecule has 1 aliphatic rings. The lowest BCUT2D eigenvalue weighted by atomic mass is 10.1. The third-order valence-electron chi connectivity index (χ3n) is 4.61. The number of nitrogens with zero attached hydrogens (tertiary/aromatic N) is 1. The van der Waals surface area contributed by atoms with Crippen LogP contribution in [0.5, 0.6) is 0 Å². The highest BCUT2D eigenvalue weighted by Gasteiger charge is 2.36. The fourth-order valence-electron chi connectivity index (χ4n) is 3.14. The van der Waals surface area contributed by atoms with Gasteiger partial charge in [0.15, 0.2) is 0 Å². The first-order valence-electron chi connectivity index (χ1n) is 9.55.